The summed E-state index contributed by atoms with van der Waals surface area (Å²) in [6, 6.07) is 6.96. The Morgan fingerprint density at radius 3 is 2.40 bits per heavy atom. The van der Waals surface area contributed by atoms with Crippen molar-refractivity contribution in [1.29, 1.82) is 0 Å². The third-order valence-corrected chi connectivity index (χ3v) is 3.43. The van der Waals surface area contributed by atoms with E-state index in [4.69, 9.17) is 9.47 Å². The Labute approximate surface area is 118 Å². The number of carbonyl (C=O) groups is 2. The number of esters is 1. The van der Waals surface area contributed by atoms with Crippen molar-refractivity contribution in [3.8, 4) is 5.75 Å². The fourth-order valence-corrected chi connectivity index (χ4v) is 1.88. The van der Waals surface area contributed by atoms with Crippen LogP contribution in [0.5, 0.6) is 5.75 Å². The van der Waals surface area contributed by atoms with E-state index in [2.05, 4.69) is 5.32 Å². The first kappa shape index (κ1) is 14.4. The number of rotatable bonds is 5. The minimum absolute atomic E-state index is 0.0359. The molecule has 1 aliphatic carbocycles. The average molecular weight is 277 g/mol. The summed E-state index contributed by atoms with van der Waals surface area (Å²) in [5.41, 5.74) is 0.637. The number of hydrogen-bond acceptors (Lipinski definition) is 4. The number of amides is 1. The molecule has 108 valence electrons. The second-order valence-electron chi connectivity index (χ2n) is 5.12. The van der Waals surface area contributed by atoms with Crippen LogP contribution < -0.4 is 10.1 Å². The Bertz CT molecular complexity index is 497. The van der Waals surface area contributed by atoms with Crippen molar-refractivity contribution < 1.29 is 19.1 Å². The highest BCUT2D eigenvalue weighted by Crippen LogP contribution is 2.38. The summed E-state index contributed by atoms with van der Waals surface area (Å²) >= 11 is 0. The maximum atomic E-state index is 11.9. The molecule has 1 saturated carbocycles. The minimum atomic E-state index is -0.794. The first-order valence-electron chi connectivity index (χ1n) is 6.66. The van der Waals surface area contributed by atoms with Gasteiger partial charge in [-0.1, -0.05) is 6.92 Å². The van der Waals surface area contributed by atoms with E-state index in [-0.39, 0.29) is 17.8 Å². The molecule has 0 aliphatic heterocycles. The van der Waals surface area contributed by atoms with Crippen LogP contribution in [0, 0.1) is 11.8 Å². The Kier molecular flexibility index (Phi) is 4.27. The van der Waals surface area contributed by atoms with Gasteiger partial charge in [0.2, 0.25) is 0 Å². The number of anilines is 1. The number of hydrogen-bond donors (Lipinski definition) is 1. The lowest BCUT2D eigenvalue weighted by Crippen LogP contribution is -2.30. The molecule has 0 saturated heterocycles. The van der Waals surface area contributed by atoms with Crippen molar-refractivity contribution >= 4 is 17.6 Å². The molecule has 1 amide bonds. The van der Waals surface area contributed by atoms with Crippen LogP contribution in [0.3, 0.4) is 0 Å². The van der Waals surface area contributed by atoms with Gasteiger partial charge in [0, 0.05) is 5.69 Å². The zero-order valence-corrected chi connectivity index (χ0v) is 11.9. The van der Waals surface area contributed by atoms with Gasteiger partial charge in [-0.3, -0.25) is 9.59 Å². The molecule has 1 aliphatic rings. The van der Waals surface area contributed by atoms with Gasteiger partial charge in [-0.15, -0.1) is 0 Å². The largest absolute Gasteiger partial charge is 0.497 e. The van der Waals surface area contributed by atoms with Crippen molar-refractivity contribution in [3.63, 3.8) is 0 Å². The van der Waals surface area contributed by atoms with E-state index < -0.39 is 6.10 Å². The first-order chi connectivity index (χ1) is 9.51. The van der Waals surface area contributed by atoms with Gasteiger partial charge in [0.15, 0.2) is 6.10 Å². The summed E-state index contributed by atoms with van der Waals surface area (Å²) < 4.78 is 10.2. The fraction of sp³-hybridized carbons (Fsp3) is 0.467. The summed E-state index contributed by atoms with van der Waals surface area (Å²) in [5.74, 6) is 0.433. The van der Waals surface area contributed by atoms with E-state index in [1.165, 1.54) is 0 Å². The van der Waals surface area contributed by atoms with Crippen molar-refractivity contribution in [1.82, 2.24) is 0 Å². The van der Waals surface area contributed by atoms with Gasteiger partial charge in [-0.05, 0) is 43.5 Å². The van der Waals surface area contributed by atoms with Crippen molar-refractivity contribution in [2.24, 2.45) is 11.8 Å². The van der Waals surface area contributed by atoms with Crippen LogP contribution in [-0.4, -0.2) is 25.1 Å². The molecule has 0 bridgehead atoms. The lowest BCUT2D eigenvalue weighted by molar-refractivity contribution is -0.154. The van der Waals surface area contributed by atoms with Gasteiger partial charge >= 0.3 is 5.97 Å². The molecular formula is C15H19NO4. The molecule has 1 aromatic rings. The summed E-state index contributed by atoms with van der Waals surface area (Å²) in [6.07, 6.45) is 0.0588. The molecule has 0 heterocycles. The second-order valence-corrected chi connectivity index (χ2v) is 5.12. The third-order valence-electron chi connectivity index (χ3n) is 3.43. The van der Waals surface area contributed by atoms with Gasteiger partial charge in [-0.2, -0.15) is 0 Å². The summed E-state index contributed by atoms with van der Waals surface area (Å²) in [5, 5.41) is 2.70. The molecule has 5 heteroatoms. The molecule has 3 atom stereocenters. The molecule has 1 fully saturated rings. The van der Waals surface area contributed by atoms with Crippen molar-refractivity contribution in [2.75, 3.05) is 12.4 Å². The minimum Gasteiger partial charge on any atom is -0.497 e. The second kappa shape index (κ2) is 5.94. The van der Waals surface area contributed by atoms with Gasteiger partial charge < -0.3 is 14.8 Å². The normalized spacial score (nSPS) is 21.8. The Morgan fingerprint density at radius 2 is 1.90 bits per heavy atom. The highest BCUT2D eigenvalue weighted by atomic mass is 16.5. The van der Waals surface area contributed by atoms with E-state index in [0.717, 1.165) is 6.42 Å². The summed E-state index contributed by atoms with van der Waals surface area (Å²) in [6.45, 7) is 3.57. The van der Waals surface area contributed by atoms with Crippen LogP contribution >= 0.6 is 0 Å². The van der Waals surface area contributed by atoms with Crippen LogP contribution in [0.2, 0.25) is 0 Å². The highest BCUT2D eigenvalue weighted by Gasteiger charge is 2.41. The van der Waals surface area contributed by atoms with E-state index in [1.54, 1.807) is 38.3 Å². The van der Waals surface area contributed by atoms with Crippen LogP contribution in [0.25, 0.3) is 0 Å². The summed E-state index contributed by atoms with van der Waals surface area (Å²) in [7, 11) is 1.58. The Hall–Kier alpha value is -2.04. The maximum absolute atomic E-state index is 11.9. The van der Waals surface area contributed by atoms with Gasteiger partial charge in [0.25, 0.3) is 5.91 Å². The molecule has 0 aromatic heterocycles. The van der Waals surface area contributed by atoms with Crippen molar-refractivity contribution in [2.45, 2.75) is 26.4 Å². The molecule has 2 rings (SSSR count). The van der Waals surface area contributed by atoms with E-state index >= 15 is 0 Å². The van der Waals surface area contributed by atoms with Crippen LogP contribution in [0.15, 0.2) is 24.3 Å². The van der Waals surface area contributed by atoms with E-state index in [1.807, 2.05) is 6.92 Å². The monoisotopic (exact) mass is 277 g/mol. The smallest absolute Gasteiger partial charge is 0.309 e. The first-order valence-corrected chi connectivity index (χ1v) is 6.66. The van der Waals surface area contributed by atoms with Gasteiger partial charge in [0.1, 0.15) is 5.75 Å². The number of ether oxygens (including phenoxy) is 2. The zero-order valence-electron chi connectivity index (χ0n) is 11.9. The van der Waals surface area contributed by atoms with E-state index in [9.17, 15) is 9.59 Å². The molecule has 3 unspecified atom stereocenters. The molecular weight excluding hydrogens is 258 g/mol. The molecule has 20 heavy (non-hydrogen) atoms. The predicted octanol–water partition coefficient (Wildman–Crippen LogP) is 2.22. The number of benzene rings is 1. The fourth-order valence-electron chi connectivity index (χ4n) is 1.88. The van der Waals surface area contributed by atoms with Crippen molar-refractivity contribution in [3.05, 3.63) is 24.3 Å². The Balaban J connectivity index is 1.85. The standard InChI is InChI=1S/C15H19NO4/c1-9-8-13(9)15(18)20-10(2)14(17)16-11-4-6-12(19-3)7-5-11/h4-7,9-10,13H,8H2,1-3H3,(H,16,17). The topological polar surface area (TPSA) is 64.6 Å². The lowest BCUT2D eigenvalue weighted by Gasteiger charge is -2.13. The van der Waals surface area contributed by atoms with Crippen LogP contribution in [0.4, 0.5) is 5.69 Å². The maximum Gasteiger partial charge on any atom is 0.309 e. The molecule has 0 radical (unpaired) electrons. The predicted molar refractivity (Wildman–Crippen MR) is 74.4 cm³/mol. The Morgan fingerprint density at radius 1 is 1.30 bits per heavy atom. The average Bonchev–Trinajstić information content (AvgIpc) is 3.16. The lowest BCUT2D eigenvalue weighted by atomic mass is 10.2. The summed E-state index contributed by atoms with van der Waals surface area (Å²) in [4.78, 5) is 23.6. The molecule has 0 spiro atoms. The van der Waals surface area contributed by atoms with E-state index in [0.29, 0.717) is 17.4 Å². The van der Waals surface area contributed by atoms with Gasteiger partial charge in [-0.25, -0.2) is 0 Å². The number of carbonyl (C=O) groups excluding carboxylic acids is 2. The van der Waals surface area contributed by atoms with Crippen LogP contribution in [0.1, 0.15) is 20.3 Å². The zero-order chi connectivity index (χ0) is 14.7. The number of methoxy groups -OCH3 is 1. The van der Waals surface area contributed by atoms with Gasteiger partial charge in [0.05, 0.1) is 13.0 Å². The highest BCUT2D eigenvalue weighted by molar-refractivity contribution is 5.95. The SMILES string of the molecule is COc1ccc(NC(=O)C(C)OC(=O)C2CC2C)cc1. The molecule has 1 N–H and O–H groups in total. The van der Waals surface area contributed by atoms with Crippen LogP contribution in [-0.2, 0) is 14.3 Å². The number of nitrogens with one attached hydrogen (secondary N) is 1. The third kappa shape index (κ3) is 3.50. The molecule has 5 nitrogen and oxygen atoms in total. The molecule has 1 aromatic carbocycles. The quantitative estimate of drug-likeness (QED) is 0.838.